The second-order valence-electron chi connectivity index (χ2n) is 21.0. The Balaban J connectivity index is 0.925. The molecule has 4 aliphatic carbocycles. The third-order valence-corrected chi connectivity index (χ3v) is 16.1. The second kappa shape index (κ2) is 18.1. The van der Waals surface area contributed by atoms with E-state index in [1.54, 1.807) is 7.11 Å². The zero-order chi connectivity index (χ0) is 42.3. The molecule has 334 valence electrons. The lowest BCUT2D eigenvalue weighted by atomic mass is 9.64. The molecule has 11 heteroatoms. The summed E-state index contributed by atoms with van der Waals surface area (Å²) in [6.45, 7) is 16.1. The molecule has 0 bridgehead atoms. The van der Waals surface area contributed by atoms with Gasteiger partial charge in [-0.05, 0) is 143 Å². The number of epoxide rings is 2. The molecular weight excluding hydrogens is 749 g/mol. The molecule has 1 spiro atoms. The van der Waals surface area contributed by atoms with E-state index in [9.17, 15) is 14.7 Å². The molecule has 4 N–H and O–H groups in total. The van der Waals surface area contributed by atoms with Crippen LogP contribution in [0.1, 0.15) is 151 Å². The highest BCUT2D eigenvalue weighted by atomic mass is 16.6. The number of ether oxygens (including phenoxy) is 6. The van der Waals surface area contributed by atoms with E-state index in [0.29, 0.717) is 50.5 Å². The molecule has 59 heavy (non-hydrogen) atoms. The van der Waals surface area contributed by atoms with Crippen LogP contribution in [0.25, 0.3) is 0 Å². The molecule has 11 nitrogen and oxygen atoms in total. The van der Waals surface area contributed by atoms with Gasteiger partial charge in [0.1, 0.15) is 18.3 Å². The number of fused-ring (bicyclic) bond motifs is 1. The monoisotopic (exact) mass is 827 g/mol. The molecule has 0 aromatic carbocycles. The van der Waals surface area contributed by atoms with Crippen LogP contribution in [0.5, 0.6) is 0 Å². The molecule has 9 unspecified atom stereocenters. The number of carbonyl (C=O) groups is 2. The van der Waals surface area contributed by atoms with E-state index in [0.717, 1.165) is 77.2 Å². The number of nitrogens with one attached hydrogen (secondary N) is 1. The van der Waals surface area contributed by atoms with E-state index in [-0.39, 0.29) is 59.3 Å². The van der Waals surface area contributed by atoms with Crippen LogP contribution in [0.2, 0.25) is 0 Å². The number of hydrogen-bond acceptors (Lipinski definition) is 11. The first kappa shape index (κ1) is 45.2. The van der Waals surface area contributed by atoms with Gasteiger partial charge < -0.3 is 44.6 Å². The zero-order valence-corrected chi connectivity index (χ0v) is 37.6. The van der Waals surface area contributed by atoms with Crippen molar-refractivity contribution in [2.75, 3.05) is 20.3 Å². The quantitative estimate of drug-likeness (QED) is 0.0869. The molecule has 0 amide bonds. The molecular formula is C48H78N2O9. The Bertz CT molecular complexity index is 1540. The number of esters is 2. The summed E-state index contributed by atoms with van der Waals surface area (Å²) in [6.07, 6.45) is 16.1. The van der Waals surface area contributed by atoms with Gasteiger partial charge in [-0.25, -0.2) is 0 Å². The van der Waals surface area contributed by atoms with Crippen molar-refractivity contribution in [2.45, 2.75) is 216 Å². The summed E-state index contributed by atoms with van der Waals surface area (Å²) in [5.41, 5.74) is 6.34. The molecule has 7 rings (SSSR count). The van der Waals surface area contributed by atoms with Gasteiger partial charge in [0.2, 0.25) is 0 Å². The zero-order valence-electron chi connectivity index (χ0n) is 37.6. The van der Waals surface area contributed by atoms with Crippen LogP contribution < -0.4 is 11.1 Å². The molecule has 0 aromatic heterocycles. The van der Waals surface area contributed by atoms with Crippen molar-refractivity contribution in [3.63, 3.8) is 0 Å². The molecule has 4 saturated carbocycles. The van der Waals surface area contributed by atoms with Crippen LogP contribution in [-0.4, -0.2) is 102 Å². The van der Waals surface area contributed by atoms with Gasteiger partial charge in [0.15, 0.2) is 0 Å². The van der Waals surface area contributed by atoms with Crippen LogP contribution in [0.15, 0.2) is 23.3 Å². The first-order valence-electron chi connectivity index (χ1n) is 23.4. The highest BCUT2D eigenvalue weighted by Gasteiger charge is 2.71. The summed E-state index contributed by atoms with van der Waals surface area (Å²) in [5.74, 6) is 0.317. The Morgan fingerprint density at radius 1 is 0.780 bits per heavy atom. The standard InChI is InChI=1S/C48H78N2O9/c1-29(2)9-19-38-45(6,53)44-42(54-8)37(57-41(52)25-32-11-15-34(49)16-12-32)22-23-47(44,59-38)27-50-35-17-13-33(14-18-35)26-40(51)56-36-21-24-48(28-55-48)43(31(36)5)46(7)39(58-46)20-10-30(3)4/h9-10,31-39,42-44,50,53H,11-28,49H2,1-8H3/t31?,32?,33?,34?,35?,36?,37?,38?,39-,42?,43?,44?,45?,46-,47?,48+/m1/s1. The van der Waals surface area contributed by atoms with Crippen molar-refractivity contribution < 1.29 is 43.1 Å². The largest absolute Gasteiger partial charge is 0.462 e. The number of rotatable bonds is 15. The normalized spacial score (nSPS) is 45.3. The predicted octanol–water partition coefficient (Wildman–Crippen LogP) is 7.25. The SMILES string of the molecule is COC1C(OC(=O)CC2CCC(N)CC2)CCC2(CNC3CCC(CC(=O)OC4CC[C@]5(CO5)C([C@]5(C)O[C@@H]5CC=C(C)C)C4C)CC3)OC(CC=C(C)C)C(C)(O)C12. The first-order valence-corrected chi connectivity index (χ1v) is 23.4. The molecule has 0 aromatic rings. The molecule has 7 fully saturated rings. The van der Waals surface area contributed by atoms with Gasteiger partial charge in [0, 0.05) is 50.4 Å². The van der Waals surface area contributed by atoms with Gasteiger partial charge in [-0.1, -0.05) is 30.2 Å². The van der Waals surface area contributed by atoms with E-state index in [1.165, 1.54) is 11.1 Å². The van der Waals surface area contributed by atoms with Crippen LogP contribution in [-0.2, 0) is 38.0 Å². The van der Waals surface area contributed by atoms with E-state index >= 15 is 0 Å². The lowest BCUT2D eigenvalue weighted by molar-refractivity contribution is -0.189. The Hall–Kier alpha value is -1.86. The summed E-state index contributed by atoms with van der Waals surface area (Å²) in [7, 11) is 1.67. The van der Waals surface area contributed by atoms with Gasteiger partial charge in [0.25, 0.3) is 0 Å². The van der Waals surface area contributed by atoms with Gasteiger partial charge in [-0.15, -0.1) is 0 Å². The Labute approximate surface area is 354 Å². The average Bonchev–Trinajstić information content (AvgIpc) is 4.08. The maximum atomic E-state index is 13.5. The number of methoxy groups -OCH3 is 1. The van der Waals surface area contributed by atoms with Gasteiger partial charge >= 0.3 is 11.9 Å². The minimum Gasteiger partial charge on any atom is -0.462 e. The fourth-order valence-electron chi connectivity index (χ4n) is 12.6. The Morgan fingerprint density at radius 2 is 1.34 bits per heavy atom. The van der Waals surface area contributed by atoms with E-state index < -0.39 is 35.4 Å². The summed E-state index contributed by atoms with van der Waals surface area (Å²) >= 11 is 0. The van der Waals surface area contributed by atoms with Crippen LogP contribution in [0.4, 0.5) is 0 Å². The summed E-state index contributed by atoms with van der Waals surface area (Å²) in [6, 6.07) is 0.506. The van der Waals surface area contributed by atoms with E-state index in [4.69, 9.17) is 34.2 Å². The minimum absolute atomic E-state index is 0.0793. The number of aliphatic hydroxyl groups is 1. The van der Waals surface area contributed by atoms with Crippen molar-refractivity contribution in [1.82, 2.24) is 5.32 Å². The average molecular weight is 827 g/mol. The number of hydrogen-bond donors (Lipinski definition) is 3. The molecule has 3 saturated heterocycles. The first-order chi connectivity index (χ1) is 28.0. The van der Waals surface area contributed by atoms with Crippen molar-refractivity contribution >= 4 is 11.9 Å². The van der Waals surface area contributed by atoms with Crippen molar-refractivity contribution in [1.29, 1.82) is 0 Å². The highest BCUT2D eigenvalue weighted by Crippen LogP contribution is 2.61. The third-order valence-electron chi connectivity index (χ3n) is 16.1. The summed E-state index contributed by atoms with van der Waals surface area (Å²) < 4.78 is 38.2. The van der Waals surface area contributed by atoms with Gasteiger partial charge in [-0.2, -0.15) is 0 Å². The van der Waals surface area contributed by atoms with Crippen LogP contribution in [0, 0.1) is 29.6 Å². The number of carbonyl (C=O) groups excluding carboxylic acids is 2. The van der Waals surface area contributed by atoms with Crippen LogP contribution in [0.3, 0.4) is 0 Å². The lowest BCUT2D eigenvalue weighted by Gasteiger charge is -2.48. The van der Waals surface area contributed by atoms with Crippen LogP contribution >= 0.6 is 0 Å². The van der Waals surface area contributed by atoms with E-state index in [2.05, 4.69) is 59.0 Å². The highest BCUT2D eigenvalue weighted by molar-refractivity contribution is 5.70. The smallest absolute Gasteiger partial charge is 0.306 e. The third kappa shape index (κ3) is 9.87. The fourth-order valence-corrected chi connectivity index (χ4v) is 12.6. The molecule has 3 heterocycles. The van der Waals surface area contributed by atoms with Gasteiger partial charge in [-0.3, -0.25) is 9.59 Å². The predicted molar refractivity (Wildman–Crippen MR) is 226 cm³/mol. The summed E-state index contributed by atoms with van der Waals surface area (Å²) in [4.78, 5) is 26.8. The Morgan fingerprint density at radius 3 is 1.92 bits per heavy atom. The Kier molecular flexibility index (Phi) is 13.8. The maximum Gasteiger partial charge on any atom is 0.306 e. The molecule has 0 radical (unpaired) electrons. The summed E-state index contributed by atoms with van der Waals surface area (Å²) in [5, 5.41) is 16.2. The van der Waals surface area contributed by atoms with E-state index in [1.807, 2.05) is 6.92 Å². The fraction of sp³-hybridized carbons (Fsp3) is 0.875. The molecule has 7 aliphatic rings. The number of nitrogens with two attached hydrogens (primary N) is 1. The lowest BCUT2D eigenvalue weighted by Crippen LogP contribution is -2.62. The van der Waals surface area contributed by atoms with Crippen molar-refractivity contribution in [2.24, 2.45) is 35.3 Å². The molecule has 12 atom stereocenters. The minimum atomic E-state index is -1.20. The van der Waals surface area contributed by atoms with Crippen molar-refractivity contribution in [3.05, 3.63) is 23.3 Å². The second-order valence-corrected chi connectivity index (χ2v) is 21.0. The maximum absolute atomic E-state index is 13.5. The molecule has 3 aliphatic heterocycles. The topological polar surface area (TPSA) is 154 Å². The number of allylic oxidation sites excluding steroid dienone is 2. The van der Waals surface area contributed by atoms with Crippen molar-refractivity contribution in [3.8, 4) is 0 Å². The van der Waals surface area contributed by atoms with Gasteiger partial charge in [0.05, 0.1) is 47.1 Å².